The Hall–Kier alpha value is -0.720. The quantitative estimate of drug-likeness (QED) is 0.849. The summed E-state index contributed by atoms with van der Waals surface area (Å²) in [5.74, 6) is 1.21. The minimum atomic E-state index is -0.0325. The fourth-order valence-electron chi connectivity index (χ4n) is 3.79. The molecule has 2 atom stereocenters. The zero-order valence-electron chi connectivity index (χ0n) is 14.0. The van der Waals surface area contributed by atoms with E-state index in [1.54, 1.807) is 0 Å². The maximum Gasteiger partial charge on any atom is 0.229 e. The summed E-state index contributed by atoms with van der Waals surface area (Å²) in [6.07, 6.45) is 5.47. The Morgan fingerprint density at radius 2 is 1.83 bits per heavy atom. The average molecular weight is 359 g/mol. The lowest BCUT2D eigenvalue weighted by molar-refractivity contribution is -0.122. The third kappa shape index (κ3) is 4.03. The first kappa shape index (κ1) is 18.6. The highest BCUT2D eigenvalue weighted by molar-refractivity contribution is 7.15. The Bertz CT molecular complexity index is 543. The van der Waals surface area contributed by atoms with E-state index in [-0.39, 0.29) is 29.6 Å². The van der Waals surface area contributed by atoms with Gasteiger partial charge in [0, 0.05) is 17.4 Å². The number of hydrogen-bond acceptors (Lipinski definition) is 5. The van der Waals surface area contributed by atoms with Crippen molar-refractivity contribution in [2.24, 2.45) is 23.5 Å². The number of nitrogens with zero attached hydrogens (tertiary/aromatic N) is 2. The van der Waals surface area contributed by atoms with E-state index in [4.69, 9.17) is 5.73 Å². The highest BCUT2D eigenvalue weighted by Crippen LogP contribution is 2.42. The second kappa shape index (κ2) is 7.03. The van der Waals surface area contributed by atoms with E-state index >= 15 is 0 Å². The van der Waals surface area contributed by atoms with E-state index in [0.29, 0.717) is 23.0 Å². The second-order valence-corrected chi connectivity index (χ2v) is 8.83. The molecular weight excluding hydrogens is 332 g/mol. The van der Waals surface area contributed by atoms with Crippen molar-refractivity contribution < 1.29 is 4.79 Å². The third-order valence-electron chi connectivity index (χ3n) is 5.08. The van der Waals surface area contributed by atoms with Crippen molar-refractivity contribution in [1.82, 2.24) is 10.2 Å². The third-order valence-corrected chi connectivity index (χ3v) is 6.34. The van der Waals surface area contributed by atoms with Crippen LogP contribution in [0.25, 0.3) is 0 Å². The number of aromatic nitrogens is 2. The Kier molecular flexibility index (Phi) is 5.69. The number of rotatable bonds is 2. The van der Waals surface area contributed by atoms with Crippen LogP contribution >= 0.6 is 23.7 Å². The minimum absolute atomic E-state index is 0. The minimum Gasteiger partial charge on any atom is -0.327 e. The summed E-state index contributed by atoms with van der Waals surface area (Å²) in [6, 6.07) is 0.298. The standard InChI is InChI=1S/C16H26N4OS.ClH/c1-16(2,3)14-19-20-15(22-14)18-13(21)11-7-9-5-4-6-10(8-11)12(9)17;/h9-12H,4-8,17H2,1-3H3,(H,18,20,21);1H. The van der Waals surface area contributed by atoms with Crippen molar-refractivity contribution in [3.8, 4) is 0 Å². The zero-order chi connectivity index (χ0) is 15.9. The van der Waals surface area contributed by atoms with Crippen molar-refractivity contribution in [3.63, 3.8) is 0 Å². The number of anilines is 1. The summed E-state index contributed by atoms with van der Waals surface area (Å²) < 4.78 is 0. The zero-order valence-corrected chi connectivity index (χ0v) is 15.7. The van der Waals surface area contributed by atoms with E-state index in [1.807, 2.05) is 0 Å². The lowest BCUT2D eigenvalue weighted by atomic mass is 9.65. The number of carbonyl (C=O) groups excluding carboxylic acids is 1. The van der Waals surface area contributed by atoms with Crippen LogP contribution in [0, 0.1) is 17.8 Å². The van der Waals surface area contributed by atoms with Gasteiger partial charge in [-0.05, 0) is 37.5 Å². The smallest absolute Gasteiger partial charge is 0.229 e. The van der Waals surface area contributed by atoms with Gasteiger partial charge >= 0.3 is 0 Å². The molecule has 0 spiro atoms. The van der Waals surface area contributed by atoms with Crippen molar-refractivity contribution in [2.45, 2.75) is 64.3 Å². The highest BCUT2D eigenvalue weighted by Gasteiger charge is 2.40. The van der Waals surface area contributed by atoms with Gasteiger partial charge in [-0.2, -0.15) is 0 Å². The summed E-state index contributed by atoms with van der Waals surface area (Å²) in [6.45, 7) is 6.30. The molecular formula is C16H27ClN4OS. The second-order valence-electron chi connectivity index (χ2n) is 7.85. The van der Waals surface area contributed by atoms with Crippen LogP contribution in [0.3, 0.4) is 0 Å². The maximum absolute atomic E-state index is 12.6. The average Bonchev–Trinajstić information content (AvgIpc) is 2.86. The molecule has 3 rings (SSSR count). The van der Waals surface area contributed by atoms with Crippen molar-refractivity contribution in [2.75, 3.05) is 5.32 Å². The molecule has 2 fully saturated rings. The lowest BCUT2D eigenvalue weighted by Crippen LogP contribution is -2.48. The molecule has 7 heteroatoms. The van der Waals surface area contributed by atoms with Crippen molar-refractivity contribution >= 4 is 34.8 Å². The van der Waals surface area contributed by atoms with Gasteiger partial charge in [-0.1, -0.05) is 38.5 Å². The van der Waals surface area contributed by atoms with Gasteiger partial charge in [-0.15, -0.1) is 22.6 Å². The van der Waals surface area contributed by atoms with Crippen molar-refractivity contribution in [3.05, 3.63) is 5.01 Å². The molecule has 0 saturated heterocycles. The number of nitrogens with two attached hydrogens (primary N) is 1. The molecule has 1 amide bonds. The van der Waals surface area contributed by atoms with Gasteiger partial charge in [-0.3, -0.25) is 4.79 Å². The summed E-state index contributed by atoms with van der Waals surface area (Å²) in [5.41, 5.74) is 6.27. The Balaban J connectivity index is 0.00000192. The largest absolute Gasteiger partial charge is 0.327 e. The molecule has 2 aliphatic carbocycles. The first-order valence-corrected chi connectivity index (χ1v) is 9.06. The van der Waals surface area contributed by atoms with Gasteiger partial charge in [0.15, 0.2) is 0 Å². The predicted molar refractivity (Wildman–Crippen MR) is 96.0 cm³/mol. The first-order chi connectivity index (χ1) is 10.3. The topological polar surface area (TPSA) is 80.9 Å². The summed E-state index contributed by atoms with van der Waals surface area (Å²) in [4.78, 5) is 12.6. The normalized spacial score (nSPS) is 30.4. The van der Waals surface area contributed by atoms with Gasteiger partial charge in [-0.25, -0.2) is 0 Å². The molecule has 3 N–H and O–H groups in total. The van der Waals surface area contributed by atoms with Gasteiger partial charge in [0.1, 0.15) is 5.01 Å². The van der Waals surface area contributed by atoms with Gasteiger partial charge in [0.2, 0.25) is 11.0 Å². The van der Waals surface area contributed by atoms with Crippen LogP contribution in [0.5, 0.6) is 0 Å². The molecule has 2 aliphatic rings. The van der Waals surface area contributed by atoms with E-state index in [1.165, 1.54) is 30.6 Å². The van der Waals surface area contributed by atoms with E-state index in [9.17, 15) is 4.79 Å². The molecule has 0 aliphatic heterocycles. The number of nitrogens with one attached hydrogen (secondary N) is 1. The Labute approximate surface area is 148 Å². The highest BCUT2D eigenvalue weighted by atomic mass is 35.5. The van der Waals surface area contributed by atoms with Crippen LogP contribution in [0.4, 0.5) is 5.13 Å². The van der Waals surface area contributed by atoms with Gasteiger partial charge in [0.25, 0.3) is 0 Å². The van der Waals surface area contributed by atoms with Crippen LogP contribution in [0.1, 0.15) is 57.9 Å². The lowest BCUT2D eigenvalue weighted by Gasteiger charge is -2.43. The number of hydrogen-bond donors (Lipinski definition) is 2. The molecule has 1 heterocycles. The monoisotopic (exact) mass is 358 g/mol. The Morgan fingerprint density at radius 1 is 1.22 bits per heavy atom. The van der Waals surface area contributed by atoms with Crippen LogP contribution in [0.2, 0.25) is 0 Å². The van der Waals surface area contributed by atoms with E-state index < -0.39 is 0 Å². The SMILES string of the molecule is CC(C)(C)c1nnc(NC(=O)C2CC3CCCC(C2)C3N)s1.Cl. The summed E-state index contributed by atoms with van der Waals surface area (Å²) >= 11 is 1.48. The molecule has 2 bridgehead atoms. The van der Waals surface area contributed by atoms with Crippen LogP contribution in [0.15, 0.2) is 0 Å². The number of amides is 1. The summed E-state index contributed by atoms with van der Waals surface area (Å²) in [7, 11) is 0. The molecule has 1 aromatic rings. The molecule has 0 aromatic carbocycles. The van der Waals surface area contributed by atoms with Crippen LogP contribution < -0.4 is 11.1 Å². The molecule has 23 heavy (non-hydrogen) atoms. The fraction of sp³-hybridized carbons (Fsp3) is 0.812. The molecule has 0 radical (unpaired) electrons. The molecule has 2 saturated carbocycles. The first-order valence-electron chi connectivity index (χ1n) is 8.25. The predicted octanol–water partition coefficient (Wildman–Crippen LogP) is 3.35. The molecule has 2 unspecified atom stereocenters. The summed E-state index contributed by atoms with van der Waals surface area (Å²) in [5, 5.41) is 12.8. The van der Waals surface area contributed by atoms with E-state index in [2.05, 4.69) is 36.3 Å². The number of fused-ring (bicyclic) bond motifs is 2. The number of carbonyl (C=O) groups is 1. The molecule has 5 nitrogen and oxygen atoms in total. The Morgan fingerprint density at radius 3 is 2.35 bits per heavy atom. The van der Waals surface area contributed by atoms with Crippen LogP contribution in [-0.4, -0.2) is 22.1 Å². The molecule has 1 aromatic heterocycles. The number of halogens is 1. The maximum atomic E-state index is 12.6. The van der Waals surface area contributed by atoms with Crippen LogP contribution in [-0.2, 0) is 10.2 Å². The van der Waals surface area contributed by atoms with Gasteiger partial charge in [0.05, 0.1) is 0 Å². The van der Waals surface area contributed by atoms with Gasteiger partial charge < -0.3 is 11.1 Å². The fourth-order valence-corrected chi connectivity index (χ4v) is 4.59. The van der Waals surface area contributed by atoms with E-state index in [0.717, 1.165) is 17.8 Å². The van der Waals surface area contributed by atoms with Crippen molar-refractivity contribution in [1.29, 1.82) is 0 Å². The molecule has 130 valence electrons.